The van der Waals surface area contributed by atoms with Crippen molar-refractivity contribution < 1.29 is 4.39 Å². The zero-order chi connectivity index (χ0) is 14.5. The van der Waals surface area contributed by atoms with Gasteiger partial charge in [-0.2, -0.15) is 0 Å². The summed E-state index contributed by atoms with van der Waals surface area (Å²) < 4.78 is 14.7. The highest BCUT2D eigenvalue weighted by molar-refractivity contribution is 9.10. The fourth-order valence-corrected chi connectivity index (χ4v) is 2.47. The predicted molar refractivity (Wildman–Crippen MR) is 83.2 cm³/mol. The predicted octanol–water partition coefficient (Wildman–Crippen LogP) is 4.38. The Morgan fingerprint density at radius 1 is 1.25 bits per heavy atom. The molecule has 1 aromatic heterocycles. The molecule has 0 bridgehead atoms. The maximum absolute atomic E-state index is 13.8. The average molecular weight is 337 g/mol. The van der Waals surface area contributed by atoms with Crippen LogP contribution in [0.4, 0.5) is 4.39 Å². The van der Waals surface area contributed by atoms with Gasteiger partial charge in [-0.15, -0.1) is 0 Å². The van der Waals surface area contributed by atoms with Crippen LogP contribution in [0.1, 0.15) is 36.1 Å². The number of halogens is 2. The van der Waals surface area contributed by atoms with Crippen molar-refractivity contribution in [2.24, 2.45) is 0 Å². The Bertz CT molecular complexity index is 586. The van der Waals surface area contributed by atoms with E-state index in [0.717, 1.165) is 28.6 Å². The van der Waals surface area contributed by atoms with Crippen LogP contribution in [0.3, 0.4) is 0 Å². The van der Waals surface area contributed by atoms with E-state index in [1.807, 2.05) is 24.4 Å². The molecule has 2 aromatic rings. The highest BCUT2D eigenvalue weighted by atomic mass is 79.9. The molecule has 0 fully saturated rings. The first-order valence-electron chi connectivity index (χ1n) is 6.71. The third-order valence-electron chi connectivity index (χ3n) is 3.19. The van der Waals surface area contributed by atoms with Crippen LogP contribution in [0.15, 0.2) is 41.1 Å². The standard InChI is InChI=1S/C16H18BrFN2/c1-3-6-20-16(13-7-14(17)10-19-9-13)12-5-4-11(2)15(18)8-12/h4-5,7-10,16,20H,3,6H2,1-2H3. The Kier molecular flexibility index (Phi) is 5.26. The van der Waals surface area contributed by atoms with Crippen LogP contribution < -0.4 is 5.32 Å². The van der Waals surface area contributed by atoms with Crippen molar-refractivity contribution in [3.63, 3.8) is 0 Å². The summed E-state index contributed by atoms with van der Waals surface area (Å²) in [5.41, 5.74) is 2.60. The van der Waals surface area contributed by atoms with Crippen LogP contribution in [0, 0.1) is 12.7 Å². The molecule has 1 aromatic carbocycles. The Hall–Kier alpha value is -1.26. The summed E-state index contributed by atoms with van der Waals surface area (Å²) in [5, 5.41) is 3.45. The number of aryl methyl sites for hydroxylation is 1. The third-order valence-corrected chi connectivity index (χ3v) is 3.62. The van der Waals surface area contributed by atoms with E-state index >= 15 is 0 Å². The average Bonchev–Trinajstić information content (AvgIpc) is 2.43. The van der Waals surface area contributed by atoms with E-state index in [9.17, 15) is 4.39 Å². The Morgan fingerprint density at radius 3 is 2.70 bits per heavy atom. The smallest absolute Gasteiger partial charge is 0.126 e. The summed E-state index contributed by atoms with van der Waals surface area (Å²) in [6, 6.07) is 7.35. The molecule has 0 amide bonds. The number of hydrogen-bond donors (Lipinski definition) is 1. The SMILES string of the molecule is CCCNC(c1cncc(Br)c1)c1ccc(C)c(F)c1. The quantitative estimate of drug-likeness (QED) is 0.876. The van der Waals surface area contributed by atoms with Gasteiger partial charge in [-0.3, -0.25) is 4.98 Å². The molecule has 0 saturated carbocycles. The van der Waals surface area contributed by atoms with Gasteiger partial charge in [-0.1, -0.05) is 19.1 Å². The Labute approximate surface area is 127 Å². The first-order chi connectivity index (χ1) is 9.61. The Balaban J connectivity index is 2.38. The van der Waals surface area contributed by atoms with Gasteiger partial charge in [0.2, 0.25) is 0 Å². The lowest BCUT2D eigenvalue weighted by Gasteiger charge is -2.20. The molecule has 0 aliphatic rings. The number of hydrogen-bond acceptors (Lipinski definition) is 2. The number of pyridine rings is 1. The van der Waals surface area contributed by atoms with Gasteiger partial charge < -0.3 is 5.32 Å². The van der Waals surface area contributed by atoms with Gasteiger partial charge in [0, 0.05) is 16.9 Å². The molecule has 4 heteroatoms. The zero-order valence-corrected chi connectivity index (χ0v) is 13.2. The normalized spacial score (nSPS) is 12.4. The van der Waals surface area contributed by atoms with Gasteiger partial charge in [-0.25, -0.2) is 4.39 Å². The fourth-order valence-electron chi connectivity index (χ4n) is 2.09. The third kappa shape index (κ3) is 3.64. The highest BCUT2D eigenvalue weighted by Crippen LogP contribution is 2.25. The van der Waals surface area contributed by atoms with E-state index in [4.69, 9.17) is 0 Å². The van der Waals surface area contributed by atoms with Crippen LogP contribution in [0.2, 0.25) is 0 Å². The molecule has 1 unspecified atom stereocenters. The summed E-state index contributed by atoms with van der Waals surface area (Å²) in [6.45, 7) is 4.75. The zero-order valence-electron chi connectivity index (χ0n) is 11.7. The van der Waals surface area contributed by atoms with Gasteiger partial charge in [0.25, 0.3) is 0 Å². The van der Waals surface area contributed by atoms with Gasteiger partial charge in [-0.05, 0) is 64.6 Å². The minimum absolute atomic E-state index is 0.0463. The lowest BCUT2D eigenvalue weighted by molar-refractivity contribution is 0.581. The van der Waals surface area contributed by atoms with Crippen molar-refractivity contribution in [2.75, 3.05) is 6.54 Å². The van der Waals surface area contributed by atoms with Crippen LogP contribution in [0.25, 0.3) is 0 Å². The van der Waals surface area contributed by atoms with Crippen molar-refractivity contribution in [3.8, 4) is 0 Å². The van der Waals surface area contributed by atoms with Gasteiger partial charge in [0.1, 0.15) is 5.82 Å². The molecule has 2 nitrogen and oxygen atoms in total. The summed E-state index contributed by atoms with van der Waals surface area (Å²) in [4.78, 5) is 4.20. The van der Waals surface area contributed by atoms with Gasteiger partial charge in [0.15, 0.2) is 0 Å². The van der Waals surface area contributed by atoms with Gasteiger partial charge in [0.05, 0.1) is 6.04 Å². The number of benzene rings is 1. The van der Waals surface area contributed by atoms with E-state index < -0.39 is 0 Å². The molecule has 0 spiro atoms. The molecule has 0 radical (unpaired) electrons. The van der Waals surface area contributed by atoms with E-state index in [2.05, 4.69) is 33.2 Å². The van der Waals surface area contributed by atoms with Gasteiger partial charge >= 0.3 is 0 Å². The van der Waals surface area contributed by atoms with E-state index in [1.165, 1.54) is 0 Å². The largest absolute Gasteiger partial charge is 0.306 e. The summed E-state index contributed by atoms with van der Waals surface area (Å²) in [6.07, 6.45) is 4.58. The van der Waals surface area contributed by atoms with Crippen molar-refractivity contribution in [1.29, 1.82) is 0 Å². The molecular formula is C16H18BrFN2. The van der Waals surface area contributed by atoms with Crippen molar-refractivity contribution in [2.45, 2.75) is 26.3 Å². The molecule has 0 aliphatic carbocycles. The molecule has 1 heterocycles. The highest BCUT2D eigenvalue weighted by Gasteiger charge is 2.15. The lowest BCUT2D eigenvalue weighted by Crippen LogP contribution is -2.23. The molecular weight excluding hydrogens is 319 g/mol. The van der Waals surface area contributed by atoms with Crippen LogP contribution in [-0.2, 0) is 0 Å². The van der Waals surface area contributed by atoms with Crippen molar-refractivity contribution in [1.82, 2.24) is 10.3 Å². The second-order valence-corrected chi connectivity index (χ2v) is 5.75. The number of nitrogens with one attached hydrogen (secondary N) is 1. The number of rotatable bonds is 5. The summed E-state index contributed by atoms with van der Waals surface area (Å²) in [5.74, 6) is -0.172. The van der Waals surface area contributed by atoms with Crippen LogP contribution in [0.5, 0.6) is 0 Å². The minimum atomic E-state index is -0.172. The fraction of sp³-hybridized carbons (Fsp3) is 0.312. The maximum Gasteiger partial charge on any atom is 0.126 e. The number of aromatic nitrogens is 1. The monoisotopic (exact) mass is 336 g/mol. The second-order valence-electron chi connectivity index (χ2n) is 4.83. The lowest BCUT2D eigenvalue weighted by atomic mass is 9.98. The first-order valence-corrected chi connectivity index (χ1v) is 7.51. The Morgan fingerprint density at radius 2 is 2.05 bits per heavy atom. The van der Waals surface area contributed by atoms with Crippen LogP contribution in [-0.4, -0.2) is 11.5 Å². The van der Waals surface area contributed by atoms with E-state index in [-0.39, 0.29) is 11.9 Å². The minimum Gasteiger partial charge on any atom is -0.306 e. The number of nitrogens with zero attached hydrogens (tertiary/aromatic N) is 1. The molecule has 0 saturated heterocycles. The topological polar surface area (TPSA) is 24.9 Å². The molecule has 1 N–H and O–H groups in total. The first kappa shape index (κ1) is 15.1. The molecule has 0 aliphatic heterocycles. The van der Waals surface area contributed by atoms with Crippen LogP contribution >= 0.6 is 15.9 Å². The molecule has 2 rings (SSSR count). The molecule has 1 atom stereocenters. The second kappa shape index (κ2) is 6.95. The maximum atomic E-state index is 13.8. The summed E-state index contributed by atoms with van der Waals surface area (Å²) >= 11 is 3.43. The van der Waals surface area contributed by atoms with Crippen molar-refractivity contribution >= 4 is 15.9 Å². The summed E-state index contributed by atoms with van der Waals surface area (Å²) in [7, 11) is 0. The van der Waals surface area contributed by atoms with Crippen molar-refractivity contribution in [3.05, 3.63) is 63.6 Å². The van der Waals surface area contributed by atoms with E-state index in [1.54, 1.807) is 19.2 Å². The van der Waals surface area contributed by atoms with E-state index in [0.29, 0.717) is 5.56 Å². The molecule has 106 valence electrons. The molecule has 20 heavy (non-hydrogen) atoms.